The fourth-order valence-corrected chi connectivity index (χ4v) is 2.32. The van der Waals surface area contributed by atoms with Crippen molar-refractivity contribution in [1.82, 2.24) is 0 Å². The first-order chi connectivity index (χ1) is 7.07. The molecule has 88 valence electrons. The second kappa shape index (κ2) is 3.99. The van der Waals surface area contributed by atoms with Crippen LogP contribution in [-0.4, -0.2) is 48.5 Å². The lowest BCUT2D eigenvalue weighted by Crippen LogP contribution is -2.34. The number of aliphatic hydroxyl groups excluding tert-OH is 1. The van der Waals surface area contributed by atoms with Crippen LogP contribution in [-0.2, 0) is 14.2 Å². The summed E-state index contributed by atoms with van der Waals surface area (Å²) in [6.45, 7) is 4.28. The van der Waals surface area contributed by atoms with Gasteiger partial charge in [0.2, 0.25) is 0 Å². The van der Waals surface area contributed by atoms with Crippen LogP contribution in [0.15, 0.2) is 0 Å². The topological polar surface area (TPSA) is 73.9 Å². The zero-order valence-corrected chi connectivity index (χ0v) is 9.18. The first-order valence-corrected chi connectivity index (χ1v) is 5.39. The molecule has 0 saturated carbocycles. The van der Waals surface area contributed by atoms with Gasteiger partial charge in [-0.3, -0.25) is 0 Å². The van der Waals surface area contributed by atoms with Crippen LogP contribution in [0.3, 0.4) is 0 Å². The van der Waals surface area contributed by atoms with Crippen LogP contribution in [0.5, 0.6) is 0 Å². The molecule has 2 fully saturated rings. The van der Waals surface area contributed by atoms with Gasteiger partial charge >= 0.3 is 0 Å². The molecule has 0 aliphatic carbocycles. The van der Waals surface area contributed by atoms with Gasteiger partial charge in [0, 0.05) is 13.2 Å². The maximum absolute atomic E-state index is 8.93. The average molecular weight is 217 g/mol. The Hall–Kier alpha value is -0.200. The molecule has 15 heavy (non-hydrogen) atoms. The van der Waals surface area contributed by atoms with E-state index in [0.29, 0.717) is 13.0 Å². The molecular weight excluding hydrogens is 198 g/mol. The van der Waals surface area contributed by atoms with Crippen molar-refractivity contribution in [3.05, 3.63) is 0 Å². The summed E-state index contributed by atoms with van der Waals surface area (Å²) in [6.07, 6.45) is 0.155. The molecule has 0 spiro atoms. The van der Waals surface area contributed by atoms with Crippen LogP contribution in [0.2, 0.25) is 0 Å². The number of fused-ring (bicyclic) bond motifs is 1. The van der Waals surface area contributed by atoms with Crippen LogP contribution in [0.25, 0.3) is 0 Å². The largest absolute Gasteiger partial charge is 0.396 e. The molecule has 0 amide bonds. The van der Waals surface area contributed by atoms with Crippen molar-refractivity contribution in [2.45, 2.75) is 50.5 Å². The molecule has 2 heterocycles. The number of ether oxygens (including phenoxy) is 3. The fraction of sp³-hybridized carbons (Fsp3) is 1.00. The molecule has 3 N–H and O–H groups in total. The Morgan fingerprint density at radius 2 is 1.80 bits per heavy atom. The van der Waals surface area contributed by atoms with E-state index in [1.165, 1.54) is 0 Å². The molecule has 2 rings (SSSR count). The smallest absolute Gasteiger partial charge is 0.164 e. The minimum Gasteiger partial charge on any atom is -0.396 e. The molecule has 5 nitrogen and oxygen atoms in total. The summed E-state index contributed by atoms with van der Waals surface area (Å²) in [5.74, 6) is -0.569. The van der Waals surface area contributed by atoms with Crippen molar-refractivity contribution in [2.75, 3.05) is 13.2 Å². The monoisotopic (exact) mass is 217 g/mol. The Balaban J connectivity index is 2.08. The van der Waals surface area contributed by atoms with Gasteiger partial charge in [-0.05, 0) is 20.3 Å². The van der Waals surface area contributed by atoms with Crippen LogP contribution in [0.1, 0.15) is 20.3 Å². The van der Waals surface area contributed by atoms with Crippen molar-refractivity contribution >= 4 is 0 Å². The first-order valence-electron chi connectivity index (χ1n) is 5.39. The van der Waals surface area contributed by atoms with E-state index >= 15 is 0 Å². The van der Waals surface area contributed by atoms with Crippen LogP contribution in [0, 0.1) is 0 Å². The summed E-state index contributed by atoms with van der Waals surface area (Å²) in [7, 11) is 0. The molecule has 5 heteroatoms. The maximum atomic E-state index is 8.93. The Morgan fingerprint density at radius 1 is 1.20 bits per heavy atom. The number of hydrogen-bond donors (Lipinski definition) is 2. The van der Waals surface area contributed by atoms with E-state index in [4.69, 9.17) is 25.1 Å². The summed E-state index contributed by atoms with van der Waals surface area (Å²) in [6, 6.07) is 0. The van der Waals surface area contributed by atoms with Gasteiger partial charge in [0.1, 0.15) is 12.2 Å². The molecule has 2 aliphatic heterocycles. The van der Waals surface area contributed by atoms with Crippen molar-refractivity contribution < 1.29 is 19.3 Å². The van der Waals surface area contributed by atoms with Crippen LogP contribution in [0.4, 0.5) is 0 Å². The molecule has 0 bridgehead atoms. The number of rotatable bonds is 3. The maximum Gasteiger partial charge on any atom is 0.164 e. The zero-order valence-electron chi connectivity index (χ0n) is 9.18. The van der Waals surface area contributed by atoms with Gasteiger partial charge < -0.3 is 25.1 Å². The van der Waals surface area contributed by atoms with Gasteiger partial charge in [-0.25, -0.2) is 0 Å². The molecule has 0 unspecified atom stereocenters. The summed E-state index contributed by atoms with van der Waals surface area (Å²) >= 11 is 0. The molecule has 0 radical (unpaired) electrons. The van der Waals surface area contributed by atoms with E-state index in [9.17, 15) is 0 Å². The molecule has 2 saturated heterocycles. The van der Waals surface area contributed by atoms with E-state index in [1.54, 1.807) is 0 Å². The highest BCUT2D eigenvalue weighted by Crippen LogP contribution is 2.39. The van der Waals surface area contributed by atoms with E-state index in [-0.39, 0.29) is 31.0 Å². The molecular formula is C10H19NO4. The average Bonchev–Trinajstić information content (AvgIpc) is 2.61. The first kappa shape index (κ1) is 11.3. The normalized spacial score (nSPS) is 43.2. The van der Waals surface area contributed by atoms with Crippen molar-refractivity contribution in [3.63, 3.8) is 0 Å². The van der Waals surface area contributed by atoms with Crippen molar-refractivity contribution in [2.24, 2.45) is 5.73 Å². The summed E-state index contributed by atoms with van der Waals surface area (Å²) < 4.78 is 17.2. The Kier molecular flexibility index (Phi) is 3.00. The number of nitrogens with two attached hydrogens (primary N) is 1. The van der Waals surface area contributed by atoms with E-state index in [0.717, 1.165) is 0 Å². The van der Waals surface area contributed by atoms with Crippen LogP contribution < -0.4 is 5.73 Å². The van der Waals surface area contributed by atoms with Gasteiger partial charge in [0.15, 0.2) is 5.79 Å². The molecule has 0 aromatic rings. The van der Waals surface area contributed by atoms with Gasteiger partial charge in [-0.15, -0.1) is 0 Å². The number of hydrogen-bond acceptors (Lipinski definition) is 5. The van der Waals surface area contributed by atoms with Crippen molar-refractivity contribution in [1.29, 1.82) is 0 Å². The molecule has 0 aromatic heterocycles. The summed E-state index contributed by atoms with van der Waals surface area (Å²) in [5, 5.41) is 8.93. The van der Waals surface area contributed by atoms with E-state index < -0.39 is 5.79 Å². The lowest BCUT2D eigenvalue weighted by Gasteiger charge is -2.23. The lowest BCUT2D eigenvalue weighted by atomic mass is 10.1. The SMILES string of the molecule is CC1(C)O[C@@H]2[C@H](O1)[C@@H](CN)O[C@H]2CCO. The summed E-state index contributed by atoms with van der Waals surface area (Å²) in [5.41, 5.74) is 5.61. The Morgan fingerprint density at radius 3 is 2.33 bits per heavy atom. The third-order valence-corrected chi connectivity index (χ3v) is 2.89. The Labute approximate surface area is 89.5 Å². The third-order valence-electron chi connectivity index (χ3n) is 2.89. The van der Waals surface area contributed by atoms with Gasteiger partial charge in [-0.1, -0.05) is 0 Å². The second-order valence-corrected chi connectivity index (χ2v) is 4.53. The highest BCUT2D eigenvalue weighted by Gasteiger charge is 2.54. The number of aliphatic hydroxyl groups is 1. The highest BCUT2D eigenvalue weighted by atomic mass is 16.8. The van der Waals surface area contributed by atoms with Crippen LogP contribution >= 0.6 is 0 Å². The minimum atomic E-state index is -0.569. The van der Waals surface area contributed by atoms with Gasteiger partial charge in [0.25, 0.3) is 0 Å². The predicted molar refractivity (Wildman–Crippen MR) is 53.2 cm³/mol. The highest BCUT2D eigenvalue weighted by molar-refractivity contribution is 4.98. The summed E-state index contributed by atoms with van der Waals surface area (Å²) in [4.78, 5) is 0. The minimum absolute atomic E-state index is 0.0922. The molecule has 2 aliphatic rings. The fourth-order valence-electron chi connectivity index (χ4n) is 2.32. The second-order valence-electron chi connectivity index (χ2n) is 4.53. The standard InChI is InChI=1S/C10H19NO4/c1-10(2)14-8-6(3-4-12)13-7(5-11)9(8)15-10/h6-9,12H,3-5,11H2,1-2H3/t6-,7+,8-,9+/m0/s1. The zero-order chi connectivity index (χ0) is 11.1. The van der Waals surface area contributed by atoms with E-state index in [2.05, 4.69) is 0 Å². The third kappa shape index (κ3) is 2.03. The van der Waals surface area contributed by atoms with Gasteiger partial charge in [0.05, 0.1) is 12.2 Å². The van der Waals surface area contributed by atoms with Crippen molar-refractivity contribution in [3.8, 4) is 0 Å². The Bertz CT molecular complexity index is 233. The molecule has 0 aromatic carbocycles. The lowest BCUT2D eigenvalue weighted by molar-refractivity contribution is -0.186. The van der Waals surface area contributed by atoms with E-state index in [1.807, 2.05) is 13.8 Å². The van der Waals surface area contributed by atoms with Gasteiger partial charge in [-0.2, -0.15) is 0 Å². The quantitative estimate of drug-likeness (QED) is 0.674. The predicted octanol–water partition coefficient (Wildman–Crippen LogP) is -0.385. The molecule has 4 atom stereocenters.